The minimum absolute atomic E-state index is 0.00735. The number of aryl methyl sites for hydroxylation is 3. The second kappa shape index (κ2) is 18.6. The number of benzene rings is 4. The third kappa shape index (κ3) is 9.78. The fourth-order valence-electron chi connectivity index (χ4n) is 7.75. The van der Waals surface area contributed by atoms with Gasteiger partial charge in [0.15, 0.2) is 11.2 Å². The maximum atomic E-state index is 12.7. The van der Waals surface area contributed by atoms with E-state index in [2.05, 4.69) is 46.4 Å². The van der Waals surface area contributed by atoms with E-state index in [1.165, 1.54) is 14.7 Å². The number of aromatic nitrogens is 2. The molecule has 2 aromatic heterocycles. The zero-order valence-electron chi connectivity index (χ0n) is 34.2. The number of nitrogens with zero attached hydrogens (tertiary/aromatic N) is 6. The molecule has 2 saturated heterocycles. The zero-order chi connectivity index (χ0) is 41.5. The summed E-state index contributed by atoms with van der Waals surface area (Å²) in [6, 6.07) is 31.7. The van der Waals surface area contributed by atoms with Crippen molar-refractivity contribution < 1.29 is 23.2 Å². The number of urea groups is 1. The maximum Gasteiger partial charge on any atom is 0.419 e. The van der Waals surface area contributed by atoms with Gasteiger partial charge in [-0.25, -0.2) is 19.2 Å². The predicted octanol–water partition coefficient (Wildman–Crippen LogP) is 5.91. The van der Waals surface area contributed by atoms with Crippen molar-refractivity contribution in [1.82, 2.24) is 34.1 Å². The largest absolute Gasteiger partial charge is 0.445 e. The van der Waals surface area contributed by atoms with Crippen LogP contribution in [0, 0.1) is 0 Å². The first-order valence-electron chi connectivity index (χ1n) is 20.2. The van der Waals surface area contributed by atoms with Crippen molar-refractivity contribution in [2.75, 3.05) is 59.9 Å². The molecule has 0 radical (unpaired) electrons. The lowest BCUT2D eigenvalue weighted by atomic mass is 10.0. The highest BCUT2D eigenvalue weighted by atomic mass is 16.6. The second-order valence-corrected chi connectivity index (χ2v) is 15.4. The van der Waals surface area contributed by atoms with E-state index in [1.54, 1.807) is 19.0 Å². The summed E-state index contributed by atoms with van der Waals surface area (Å²) >= 11 is 0. The Kier molecular flexibility index (Phi) is 13.0. The molecule has 8 rings (SSSR count). The maximum absolute atomic E-state index is 12.7. The van der Waals surface area contributed by atoms with Crippen molar-refractivity contribution in [1.29, 1.82) is 0 Å². The smallest absolute Gasteiger partial charge is 0.419 e. The number of fused-ring (bicyclic) bond motifs is 2. The molecule has 0 saturated carbocycles. The van der Waals surface area contributed by atoms with Gasteiger partial charge in [-0.05, 0) is 79.9 Å². The topological polar surface area (TPSA) is 139 Å². The van der Waals surface area contributed by atoms with Crippen LogP contribution in [0.2, 0.25) is 0 Å². The molecule has 4 heterocycles. The molecule has 0 aliphatic carbocycles. The van der Waals surface area contributed by atoms with Gasteiger partial charge in [-0.2, -0.15) is 0 Å². The standard InChI is InChI=1S/C24H30N4O3.C21H23N3O4/c1-26-14-15-28(23(29)25-13-7-6-10-18-8-4-3-5-9-18)17-21(26)19-11-12-20-22(16-19)31-24(30)27(20)2;1-22-10-11-24(21(26)27-14-15-6-4-3-5-7-15)13-18(22)16-8-9-17-19(12-16)28-20(25)23(17)2/h3-5,8-9,11-12,16,21H,6-7,10,13-15,17H2,1-2H3,(H,25,29);3-9,12,18H,10-11,13-14H2,1-2H3. The highest BCUT2D eigenvalue weighted by Crippen LogP contribution is 2.28. The van der Waals surface area contributed by atoms with Gasteiger partial charge in [-0.15, -0.1) is 0 Å². The van der Waals surface area contributed by atoms with Crippen molar-refractivity contribution in [3.05, 3.63) is 140 Å². The van der Waals surface area contributed by atoms with Crippen LogP contribution in [0.5, 0.6) is 0 Å². The van der Waals surface area contributed by atoms with Crippen molar-refractivity contribution in [2.45, 2.75) is 38.0 Å². The number of rotatable bonds is 9. The van der Waals surface area contributed by atoms with Gasteiger partial charge < -0.3 is 28.7 Å². The Morgan fingerprint density at radius 3 is 1.71 bits per heavy atom. The van der Waals surface area contributed by atoms with E-state index in [-0.39, 0.29) is 42.3 Å². The van der Waals surface area contributed by atoms with Crippen LogP contribution in [-0.2, 0) is 31.9 Å². The van der Waals surface area contributed by atoms with Gasteiger partial charge in [0.25, 0.3) is 0 Å². The number of piperazine rings is 2. The Bertz CT molecular complexity index is 2480. The fourth-order valence-corrected chi connectivity index (χ4v) is 7.75. The van der Waals surface area contributed by atoms with E-state index in [1.807, 2.05) is 84.7 Å². The highest BCUT2D eigenvalue weighted by molar-refractivity contribution is 5.76. The summed E-state index contributed by atoms with van der Waals surface area (Å²) in [4.78, 5) is 56.8. The molecule has 0 spiro atoms. The van der Waals surface area contributed by atoms with Crippen molar-refractivity contribution in [3.8, 4) is 0 Å². The molecular weight excluding hydrogens is 751 g/mol. The summed E-state index contributed by atoms with van der Waals surface area (Å²) in [5, 5.41) is 3.07. The van der Waals surface area contributed by atoms with Crippen LogP contribution in [0.15, 0.2) is 115 Å². The molecule has 2 atom stereocenters. The van der Waals surface area contributed by atoms with Crippen molar-refractivity contribution in [2.24, 2.45) is 14.1 Å². The molecular formula is C45H53N7O7. The lowest BCUT2D eigenvalue weighted by molar-refractivity contribution is 0.0564. The highest BCUT2D eigenvalue weighted by Gasteiger charge is 2.31. The summed E-state index contributed by atoms with van der Waals surface area (Å²) in [6.45, 7) is 4.92. The normalized spacial score (nSPS) is 17.5. The van der Waals surface area contributed by atoms with Gasteiger partial charge in [0.1, 0.15) is 6.61 Å². The Labute approximate surface area is 343 Å². The van der Waals surface area contributed by atoms with Crippen molar-refractivity contribution in [3.63, 3.8) is 0 Å². The number of amides is 3. The first-order chi connectivity index (χ1) is 28.5. The first-order valence-corrected chi connectivity index (χ1v) is 20.2. The number of ether oxygens (including phenoxy) is 1. The van der Waals surface area contributed by atoms with Crippen LogP contribution < -0.4 is 16.8 Å². The Balaban J connectivity index is 0.000000180. The van der Waals surface area contributed by atoms with Crippen LogP contribution >= 0.6 is 0 Å². The predicted molar refractivity (Wildman–Crippen MR) is 226 cm³/mol. The molecule has 1 N–H and O–H groups in total. The lowest BCUT2D eigenvalue weighted by Crippen LogP contribution is -2.52. The summed E-state index contributed by atoms with van der Waals surface area (Å²) < 4.78 is 19.1. The number of nitrogens with one attached hydrogen (secondary N) is 1. The molecule has 0 bridgehead atoms. The van der Waals surface area contributed by atoms with Crippen LogP contribution in [0.4, 0.5) is 9.59 Å². The number of carbonyl (C=O) groups excluding carboxylic acids is 2. The van der Waals surface area contributed by atoms with E-state index in [0.717, 1.165) is 60.1 Å². The molecule has 310 valence electrons. The number of likely N-dealkylation sites (N-methyl/N-ethyl adjacent to an activating group) is 2. The molecule has 3 amide bonds. The zero-order valence-corrected chi connectivity index (χ0v) is 34.2. The Morgan fingerprint density at radius 2 is 1.15 bits per heavy atom. The minimum Gasteiger partial charge on any atom is -0.445 e. The van der Waals surface area contributed by atoms with Crippen LogP contribution in [0.25, 0.3) is 22.2 Å². The van der Waals surface area contributed by atoms with Gasteiger partial charge in [0.2, 0.25) is 0 Å². The number of oxazole rings is 2. The van der Waals surface area contributed by atoms with Gasteiger partial charge in [0, 0.05) is 59.9 Å². The molecule has 14 heteroatoms. The van der Waals surface area contributed by atoms with Gasteiger partial charge >= 0.3 is 23.6 Å². The summed E-state index contributed by atoms with van der Waals surface area (Å²) in [7, 11) is 7.48. The molecule has 4 aromatic carbocycles. The molecule has 6 aromatic rings. The fraction of sp³-hybridized carbons (Fsp3) is 0.378. The monoisotopic (exact) mass is 803 g/mol. The van der Waals surface area contributed by atoms with Gasteiger partial charge in [-0.3, -0.25) is 18.9 Å². The number of unbranched alkanes of at least 4 members (excludes halogenated alkanes) is 1. The number of hydrogen-bond acceptors (Lipinski definition) is 9. The molecule has 14 nitrogen and oxygen atoms in total. The van der Waals surface area contributed by atoms with Crippen LogP contribution in [0.3, 0.4) is 0 Å². The summed E-state index contributed by atoms with van der Waals surface area (Å²) in [5.41, 5.74) is 7.02. The van der Waals surface area contributed by atoms with Crippen molar-refractivity contribution >= 4 is 34.3 Å². The van der Waals surface area contributed by atoms with E-state index < -0.39 is 0 Å². The van der Waals surface area contributed by atoms with Crippen LogP contribution in [0.1, 0.15) is 47.2 Å². The average molecular weight is 804 g/mol. The summed E-state index contributed by atoms with van der Waals surface area (Å²) in [5.74, 6) is -0.743. The minimum atomic E-state index is -0.379. The third-order valence-electron chi connectivity index (χ3n) is 11.5. The SMILES string of the molecule is CN1CCN(C(=O)NCCCCc2ccccc2)CC1c1ccc2c(c1)oc(=O)n2C.CN1CCN(C(=O)OCc2ccccc2)CC1c1ccc2c(c1)oc(=O)n2C. The quantitative estimate of drug-likeness (QED) is 0.177. The lowest BCUT2D eigenvalue weighted by Gasteiger charge is -2.39. The molecule has 59 heavy (non-hydrogen) atoms. The summed E-state index contributed by atoms with van der Waals surface area (Å²) in [6.07, 6.45) is 2.74. The van der Waals surface area contributed by atoms with Gasteiger partial charge in [-0.1, -0.05) is 72.8 Å². The third-order valence-corrected chi connectivity index (χ3v) is 11.5. The Morgan fingerprint density at radius 1 is 0.644 bits per heavy atom. The van der Waals surface area contributed by atoms with E-state index >= 15 is 0 Å². The average Bonchev–Trinajstić information content (AvgIpc) is 3.71. The number of carbonyl (C=O) groups is 2. The van der Waals surface area contributed by atoms with E-state index in [4.69, 9.17) is 13.6 Å². The first kappa shape index (κ1) is 41.1. The van der Waals surface area contributed by atoms with Gasteiger partial charge in [0.05, 0.1) is 23.1 Å². The number of hydrogen-bond donors (Lipinski definition) is 1. The second-order valence-electron chi connectivity index (χ2n) is 15.4. The van der Waals surface area contributed by atoms with E-state index in [0.29, 0.717) is 43.9 Å². The van der Waals surface area contributed by atoms with Crippen LogP contribution in [-0.4, -0.2) is 101 Å². The van der Waals surface area contributed by atoms with E-state index in [9.17, 15) is 19.2 Å². The molecule has 2 unspecified atom stereocenters. The molecule has 2 aliphatic rings. The Hall–Kier alpha value is -6.12. The molecule has 2 aliphatic heterocycles. The molecule has 2 fully saturated rings.